The molecular weight excluding hydrogens is 343 g/mol. The quantitative estimate of drug-likeness (QED) is 0.789. The Bertz CT molecular complexity index is 489. The highest BCUT2D eigenvalue weighted by Gasteiger charge is 2.02. The molecule has 0 unspecified atom stereocenters. The number of hydrogen-bond donors (Lipinski definition) is 1. The van der Waals surface area contributed by atoms with E-state index in [1.165, 1.54) is 0 Å². The molecule has 2 heterocycles. The van der Waals surface area contributed by atoms with Gasteiger partial charge in [0.2, 0.25) is 0 Å². The summed E-state index contributed by atoms with van der Waals surface area (Å²) in [7, 11) is 0. The number of halogens is 1. The average Bonchev–Trinajstić information content (AvgIpc) is 2.93. The summed E-state index contributed by atoms with van der Waals surface area (Å²) in [6, 6.07) is 0.460. The number of aryl methyl sites for hydroxylation is 2. The minimum atomic E-state index is 0.460. The van der Waals surface area contributed by atoms with Crippen molar-refractivity contribution in [2.45, 2.75) is 39.5 Å². The van der Waals surface area contributed by atoms with E-state index in [0.717, 1.165) is 28.9 Å². The molecule has 0 aliphatic carbocycles. The predicted octanol–water partition coefficient (Wildman–Crippen LogP) is 1.28. The number of nitrogens with one attached hydrogen (secondary N) is 1. The van der Waals surface area contributed by atoms with Gasteiger partial charge in [-0.1, -0.05) is 19.1 Å². The maximum Gasteiger partial charge on any atom is 0.0964 e. The van der Waals surface area contributed by atoms with Crippen LogP contribution >= 0.6 is 22.6 Å². The smallest absolute Gasteiger partial charge is 0.0964 e. The third-order valence-corrected chi connectivity index (χ3v) is 2.99. The second-order valence-electron chi connectivity index (χ2n) is 4.43. The second kappa shape index (κ2) is 6.28. The van der Waals surface area contributed by atoms with Crippen LogP contribution < -0.4 is 5.32 Å². The van der Waals surface area contributed by atoms with Gasteiger partial charge in [-0.2, -0.15) is 5.10 Å². The Labute approximate surface area is 120 Å². The van der Waals surface area contributed by atoms with Crippen LogP contribution in [-0.2, 0) is 19.6 Å². The zero-order valence-corrected chi connectivity index (χ0v) is 12.7. The number of aromatic nitrogens is 5. The molecule has 0 bridgehead atoms. The number of rotatable bonds is 6. The van der Waals surface area contributed by atoms with Crippen molar-refractivity contribution in [3.05, 3.63) is 27.9 Å². The van der Waals surface area contributed by atoms with Crippen LogP contribution in [0.4, 0.5) is 0 Å². The maximum absolute atomic E-state index is 4.23. The fourth-order valence-electron chi connectivity index (χ4n) is 1.50. The van der Waals surface area contributed by atoms with E-state index in [1.807, 2.05) is 28.0 Å². The summed E-state index contributed by atoms with van der Waals surface area (Å²) >= 11 is 2.25. The van der Waals surface area contributed by atoms with Crippen molar-refractivity contribution < 1.29 is 0 Å². The lowest BCUT2D eigenvalue weighted by Gasteiger charge is -2.04. The minimum absolute atomic E-state index is 0.460. The van der Waals surface area contributed by atoms with Gasteiger partial charge in [-0.15, -0.1) is 5.10 Å². The summed E-state index contributed by atoms with van der Waals surface area (Å²) < 4.78 is 4.91. The van der Waals surface area contributed by atoms with Gasteiger partial charge in [-0.05, 0) is 22.6 Å². The molecule has 0 saturated carbocycles. The molecule has 0 spiro atoms. The Morgan fingerprint density at radius 2 is 2.06 bits per heavy atom. The van der Waals surface area contributed by atoms with Gasteiger partial charge in [0, 0.05) is 25.0 Å². The Balaban J connectivity index is 1.83. The van der Waals surface area contributed by atoms with E-state index in [0.29, 0.717) is 6.04 Å². The molecule has 2 aromatic heterocycles. The van der Waals surface area contributed by atoms with Crippen molar-refractivity contribution in [1.82, 2.24) is 30.1 Å². The summed E-state index contributed by atoms with van der Waals surface area (Å²) in [5.41, 5.74) is 0.971. The Morgan fingerprint density at radius 1 is 1.28 bits per heavy atom. The van der Waals surface area contributed by atoms with E-state index >= 15 is 0 Å². The van der Waals surface area contributed by atoms with E-state index < -0.39 is 0 Å². The zero-order chi connectivity index (χ0) is 13.0. The van der Waals surface area contributed by atoms with Gasteiger partial charge in [-0.25, -0.2) is 0 Å². The highest BCUT2D eigenvalue weighted by molar-refractivity contribution is 14.1. The molecule has 98 valence electrons. The fourth-order valence-corrected chi connectivity index (χ4v) is 1.95. The van der Waals surface area contributed by atoms with Crippen LogP contribution in [0, 0.1) is 3.57 Å². The van der Waals surface area contributed by atoms with Crippen molar-refractivity contribution in [2.75, 3.05) is 0 Å². The first-order valence-corrected chi connectivity index (χ1v) is 7.01. The topological polar surface area (TPSA) is 60.6 Å². The summed E-state index contributed by atoms with van der Waals surface area (Å²) in [6.07, 6.45) is 5.84. The monoisotopic (exact) mass is 360 g/mol. The molecule has 7 heteroatoms. The molecule has 0 aliphatic heterocycles. The molecule has 2 rings (SSSR count). The Morgan fingerprint density at radius 3 is 2.72 bits per heavy atom. The second-order valence-corrected chi connectivity index (χ2v) is 5.68. The summed E-state index contributed by atoms with van der Waals surface area (Å²) in [5, 5.41) is 15.8. The highest BCUT2D eigenvalue weighted by atomic mass is 127. The van der Waals surface area contributed by atoms with Crippen LogP contribution in [0.25, 0.3) is 0 Å². The van der Waals surface area contributed by atoms with Gasteiger partial charge in [-0.3, -0.25) is 9.36 Å². The average molecular weight is 360 g/mol. The van der Waals surface area contributed by atoms with Gasteiger partial charge in [0.1, 0.15) is 0 Å². The Kier molecular flexibility index (Phi) is 4.70. The zero-order valence-electron chi connectivity index (χ0n) is 10.5. The molecule has 0 saturated heterocycles. The number of nitrogens with zero attached hydrogens (tertiary/aromatic N) is 5. The van der Waals surface area contributed by atoms with Gasteiger partial charge in [0.25, 0.3) is 0 Å². The molecule has 6 nitrogen and oxygen atoms in total. The standard InChI is InChI=1S/C11H17IN6/c1-9(2)13-6-11-8-18(16-15-11)4-3-17-7-10(12)5-14-17/h5,7-9,13H,3-4,6H2,1-2H3. The lowest BCUT2D eigenvalue weighted by atomic mass is 10.3. The third-order valence-electron chi connectivity index (χ3n) is 2.44. The van der Waals surface area contributed by atoms with Crippen LogP contribution in [0.1, 0.15) is 19.5 Å². The minimum Gasteiger partial charge on any atom is -0.309 e. The molecule has 0 atom stereocenters. The fraction of sp³-hybridized carbons (Fsp3) is 0.545. The molecule has 0 aromatic carbocycles. The van der Waals surface area contributed by atoms with Crippen molar-refractivity contribution in [3.63, 3.8) is 0 Å². The first-order chi connectivity index (χ1) is 8.63. The lowest BCUT2D eigenvalue weighted by molar-refractivity contribution is 0.489. The third kappa shape index (κ3) is 4.05. The van der Waals surface area contributed by atoms with E-state index in [4.69, 9.17) is 0 Å². The van der Waals surface area contributed by atoms with E-state index in [9.17, 15) is 0 Å². The van der Waals surface area contributed by atoms with Crippen LogP contribution in [0.15, 0.2) is 18.6 Å². The normalized spacial score (nSPS) is 11.3. The first kappa shape index (κ1) is 13.5. The predicted molar refractivity (Wildman–Crippen MR) is 76.9 cm³/mol. The number of hydrogen-bond acceptors (Lipinski definition) is 4. The van der Waals surface area contributed by atoms with Crippen molar-refractivity contribution >= 4 is 22.6 Å². The van der Waals surface area contributed by atoms with E-state index in [1.54, 1.807) is 0 Å². The Hall–Kier alpha value is -0.960. The largest absolute Gasteiger partial charge is 0.309 e. The van der Waals surface area contributed by atoms with E-state index in [-0.39, 0.29) is 0 Å². The van der Waals surface area contributed by atoms with Crippen LogP contribution in [0.3, 0.4) is 0 Å². The highest BCUT2D eigenvalue weighted by Crippen LogP contribution is 2.01. The van der Waals surface area contributed by atoms with E-state index in [2.05, 4.69) is 57.2 Å². The molecule has 0 fully saturated rings. The molecule has 1 N–H and O–H groups in total. The molecule has 18 heavy (non-hydrogen) atoms. The van der Waals surface area contributed by atoms with Gasteiger partial charge in [0.05, 0.1) is 28.6 Å². The summed E-state index contributed by atoms with van der Waals surface area (Å²) in [5.74, 6) is 0. The molecule has 2 aromatic rings. The SMILES string of the molecule is CC(C)NCc1cn(CCn2cc(I)cn2)nn1. The van der Waals surface area contributed by atoms with Crippen LogP contribution in [0.5, 0.6) is 0 Å². The lowest BCUT2D eigenvalue weighted by Crippen LogP contribution is -2.21. The van der Waals surface area contributed by atoms with Crippen LogP contribution in [-0.4, -0.2) is 30.8 Å². The van der Waals surface area contributed by atoms with Crippen LogP contribution in [0.2, 0.25) is 0 Å². The van der Waals surface area contributed by atoms with Gasteiger partial charge < -0.3 is 5.32 Å². The van der Waals surface area contributed by atoms with Gasteiger partial charge >= 0.3 is 0 Å². The summed E-state index contributed by atoms with van der Waals surface area (Å²) in [4.78, 5) is 0. The molecule has 0 aliphatic rings. The van der Waals surface area contributed by atoms with Crippen molar-refractivity contribution in [3.8, 4) is 0 Å². The van der Waals surface area contributed by atoms with Crippen molar-refractivity contribution in [1.29, 1.82) is 0 Å². The van der Waals surface area contributed by atoms with Crippen molar-refractivity contribution in [2.24, 2.45) is 0 Å². The van der Waals surface area contributed by atoms with Gasteiger partial charge in [0.15, 0.2) is 0 Å². The molecular formula is C11H17IN6. The first-order valence-electron chi connectivity index (χ1n) is 5.94. The molecule has 0 amide bonds. The molecule has 0 radical (unpaired) electrons. The maximum atomic E-state index is 4.23. The summed E-state index contributed by atoms with van der Waals surface area (Å²) in [6.45, 7) is 6.58.